The monoisotopic (exact) mass is 533 g/mol. The molecule has 1 atom stereocenters. The van der Waals surface area contributed by atoms with E-state index < -0.39 is 57.1 Å². The van der Waals surface area contributed by atoms with Gasteiger partial charge in [0.1, 0.15) is 23.4 Å². The number of pyridine rings is 1. The maximum Gasteiger partial charge on any atom is 0.280 e. The summed E-state index contributed by atoms with van der Waals surface area (Å²) in [6.07, 6.45) is -3.61. The highest BCUT2D eigenvalue weighted by molar-refractivity contribution is 7.90. The van der Waals surface area contributed by atoms with Crippen LogP contribution in [0.4, 0.5) is 26.3 Å². The van der Waals surface area contributed by atoms with Crippen LogP contribution in [0.2, 0.25) is 0 Å². The number of fused-ring (bicyclic) bond motifs is 1. The average molecular weight is 534 g/mol. The number of hydrogen-bond donors (Lipinski definition) is 1. The number of nitrogens with zero attached hydrogens (tertiary/aromatic N) is 2. The van der Waals surface area contributed by atoms with Crippen LogP contribution in [0.25, 0.3) is 22.0 Å². The Morgan fingerprint density at radius 2 is 1.75 bits per heavy atom. The van der Waals surface area contributed by atoms with Gasteiger partial charge in [0.15, 0.2) is 0 Å². The molecule has 0 unspecified atom stereocenters. The summed E-state index contributed by atoms with van der Waals surface area (Å²) in [4.78, 5) is 3.40. The summed E-state index contributed by atoms with van der Waals surface area (Å²) >= 11 is 0. The van der Waals surface area contributed by atoms with Crippen molar-refractivity contribution in [3.05, 3.63) is 53.5 Å². The summed E-state index contributed by atoms with van der Waals surface area (Å²) in [5.74, 6) is -2.02. The summed E-state index contributed by atoms with van der Waals surface area (Å²) in [5.41, 5.74) is -2.00. The normalized spacial score (nSPS) is 15.9. The van der Waals surface area contributed by atoms with Gasteiger partial charge in [-0.1, -0.05) is 20.8 Å². The van der Waals surface area contributed by atoms with Crippen molar-refractivity contribution in [3.8, 4) is 11.1 Å². The molecule has 1 aliphatic carbocycles. The Bertz CT molecular complexity index is 1400. The summed E-state index contributed by atoms with van der Waals surface area (Å²) < 4.78 is 113. The molecule has 0 radical (unpaired) electrons. The first-order valence-corrected chi connectivity index (χ1v) is 12.8. The van der Waals surface area contributed by atoms with E-state index in [2.05, 4.69) is 9.71 Å². The third kappa shape index (κ3) is 5.39. The van der Waals surface area contributed by atoms with Gasteiger partial charge in [0.05, 0.1) is 11.4 Å². The summed E-state index contributed by atoms with van der Waals surface area (Å²) in [7, 11) is -4.02. The quantitative estimate of drug-likeness (QED) is 0.343. The van der Waals surface area contributed by atoms with Gasteiger partial charge in [-0.25, -0.2) is 39.5 Å². The Kier molecular flexibility index (Phi) is 6.89. The van der Waals surface area contributed by atoms with Gasteiger partial charge in [0.25, 0.3) is 12.9 Å². The molecule has 0 saturated heterocycles. The van der Waals surface area contributed by atoms with Gasteiger partial charge in [0, 0.05) is 40.3 Å². The number of nitrogens with one attached hydrogen (secondary N) is 1. The van der Waals surface area contributed by atoms with Crippen LogP contribution in [-0.4, -0.2) is 29.6 Å². The minimum absolute atomic E-state index is 0.00717. The molecule has 12 heteroatoms. The van der Waals surface area contributed by atoms with E-state index in [1.165, 1.54) is 12.3 Å². The lowest BCUT2D eigenvalue weighted by Gasteiger charge is -2.20. The molecule has 3 aromatic rings. The summed E-state index contributed by atoms with van der Waals surface area (Å²) in [6.45, 7) is 5.86. The Labute approximate surface area is 204 Å². The van der Waals surface area contributed by atoms with Gasteiger partial charge in [-0.05, 0) is 36.5 Å². The van der Waals surface area contributed by atoms with Crippen molar-refractivity contribution in [2.45, 2.75) is 64.3 Å². The number of sulfonamides is 1. The fourth-order valence-electron chi connectivity index (χ4n) is 4.18. The fraction of sp³-hybridized carbons (Fsp3) is 0.458. The molecule has 1 N–H and O–H groups in total. The second kappa shape index (κ2) is 9.37. The van der Waals surface area contributed by atoms with Crippen LogP contribution in [0.5, 0.6) is 0 Å². The Hall–Kier alpha value is -2.60. The molecule has 1 fully saturated rings. The van der Waals surface area contributed by atoms with Crippen molar-refractivity contribution in [1.29, 1.82) is 0 Å². The van der Waals surface area contributed by atoms with Gasteiger partial charge in [0.2, 0.25) is 10.0 Å². The van der Waals surface area contributed by atoms with Crippen molar-refractivity contribution in [3.63, 3.8) is 0 Å². The van der Waals surface area contributed by atoms with E-state index in [1.54, 1.807) is 4.57 Å². The van der Waals surface area contributed by atoms with Crippen LogP contribution in [0.3, 0.4) is 0 Å². The highest BCUT2D eigenvalue weighted by Crippen LogP contribution is 2.39. The molecule has 0 amide bonds. The first kappa shape index (κ1) is 26.5. The molecule has 1 aliphatic rings. The number of halogens is 6. The van der Waals surface area contributed by atoms with Crippen LogP contribution < -0.4 is 4.72 Å². The molecule has 36 heavy (non-hydrogen) atoms. The zero-order chi connectivity index (χ0) is 26.6. The largest absolute Gasteiger partial charge is 0.347 e. The molecule has 1 saturated carbocycles. The van der Waals surface area contributed by atoms with E-state index in [-0.39, 0.29) is 34.0 Å². The lowest BCUT2D eigenvalue weighted by atomic mass is 9.96. The number of alkyl halides is 4. The van der Waals surface area contributed by atoms with Crippen LogP contribution >= 0.6 is 0 Å². The highest BCUT2D eigenvalue weighted by Gasteiger charge is 2.40. The van der Waals surface area contributed by atoms with E-state index in [0.29, 0.717) is 19.0 Å². The lowest BCUT2D eigenvalue weighted by molar-refractivity contribution is 0.109. The minimum atomic E-state index is -4.02. The molecule has 196 valence electrons. The first-order valence-electron chi connectivity index (χ1n) is 11.2. The zero-order valence-electron chi connectivity index (χ0n) is 19.7. The van der Waals surface area contributed by atoms with Gasteiger partial charge in [-0.3, -0.25) is 4.98 Å². The predicted molar refractivity (Wildman–Crippen MR) is 123 cm³/mol. The molecule has 2 aromatic heterocycles. The SMILES string of the molecule is CC(C)(C)Cn1cc([C@H](NS(=O)(=O)C2CC2)C(F)F)c2cc(F)c(-c3cc(F)cnc3C(F)F)cc21. The Morgan fingerprint density at radius 1 is 1.08 bits per heavy atom. The standard InChI is InChI=1S/C24H25F6N3O2S/c1-24(2,3)11-33-10-17(21(23(29)30)32-36(34,35)13-4-5-13)15-7-18(26)14(8-19(15)33)16-6-12(25)9-31-20(16)22(27)28/h6-10,13,21-23,32H,4-5,11H2,1-3H3/t21-/m0/s1. The second-order valence-corrected chi connectivity index (χ2v) is 12.2. The smallest absolute Gasteiger partial charge is 0.280 e. The van der Waals surface area contributed by atoms with Gasteiger partial charge < -0.3 is 4.57 Å². The minimum Gasteiger partial charge on any atom is -0.347 e. The number of benzene rings is 1. The predicted octanol–water partition coefficient (Wildman–Crippen LogP) is 6.35. The molecule has 1 aromatic carbocycles. The third-order valence-electron chi connectivity index (χ3n) is 5.87. The molecule has 4 rings (SSSR count). The van der Waals surface area contributed by atoms with Crippen LogP contribution in [-0.2, 0) is 16.6 Å². The van der Waals surface area contributed by atoms with Crippen LogP contribution in [0, 0.1) is 17.0 Å². The number of hydrogen-bond acceptors (Lipinski definition) is 3. The highest BCUT2D eigenvalue weighted by atomic mass is 32.2. The fourth-order valence-corrected chi connectivity index (χ4v) is 5.71. The zero-order valence-corrected chi connectivity index (χ0v) is 20.5. The molecule has 0 bridgehead atoms. The summed E-state index contributed by atoms with van der Waals surface area (Å²) in [6, 6.07) is 0.861. The van der Waals surface area contributed by atoms with Crippen molar-refractivity contribution in [2.24, 2.45) is 5.41 Å². The van der Waals surface area contributed by atoms with Crippen molar-refractivity contribution in [1.82, 2.24) is 14.3 Å². The molecule has 5 nitrogen and oxygen atoms in total. The number of rotatable bonds is 8. The van der Waals surface area contributed by atoms with E-state index in [9.17, 15) is 30.4 Å². The topological polar surface area (TPSA) is 64.0 Å². The van der Waals surface area contributed by atoms with Crippen molar-refractivity contribution < 1.29 is 34.8 Å². The Morgan fingerprint density at radius 3 is 2.31 bits per heavy atom. The molecular weight excluding hydrogens is 508 g/mol. The maximum absolute atomic E-state index is 15.3. The number of aromatic nitrogens is 2. The van der Waals surface area contributed by atoms with Crippen molar-refractivity contribution >= 4 is 20.9 Å². The summed E-state index contributed by atoms with van der Waals surface area (Å²) in [5, 5.41) is -0.759. The first-order chi connectivity index (χ1) is 16.7. The maximum atomic E-state index is 15.3. The van der Waals surface area contributed by atoms with E-state index in [1.807, 2.05) is 20.8 Å². The molecular formula is C24H25F6N3O2S. The van der Waals surface area contributed by atoms with Crippen molar-refractivity contribution in [2.75, 3.05) is 0 Å². The van der Waals surface area contributed by atoms with E-state index in [4.69, 9.17) is 0 Å². The van der Waals surface area contributed by atoms with Gasteiger partial charge in [-0.2, -0.15) is 0 Å². The molecule has 0 spiro atoms. The van der Waals surface area contributed by atoms with E-state index in [0.717, 1.165) is 12.1 Å². The average Bonchev–Trinajstić information content (AvgIpc) is 3.56. The lowest BCUT2D eigenvalue weighted by Crippen LogP contribution is -2.35. The van der Waals surface area contributed by atoms with Crippen LogP contribution in [0.15, 0.2) is 30.6 Å². The molecule has 0 aliphatic heterocycles. The van der Waals surface area contributed by atoms with Gasteiger partial charge >= 0.3 is 0 Å². The molecule has 2 heterocycles. The van der Waals surface area contributed by atoms with E-state index >= 15 is 4.39 Å². The van der Waals surface area contributed by atoms with Gasteiger partial charge in [-0.15, -0.1) is 0 Å². The Balaban J connectivity index is 1.94. The second-order valence-electron chi connectivity index (χ2n) is 10.2. The third-order valence-corrected chi connectivity index (χ3v) is 7.80. The van der Waals surface area contributed by atoms with Crippen LogP contribution in [0.1, 0.15) is 57.3 Å².